The summed E-state index contributed by atoms with van der Waals surface area (Å²) in [4.78, 5) is 15.1. The normalized spacial score (nSPS) is 11.3. The van der Waals surface area contributed by atoms with E-state index in [2.05, 4.69) is 9.72 Å². The predicted octanol–water partition coefficient (Wildman–Crippen LogP) is 2.15. The quantitative estimate of drug-likeness (QED) is 0.463. The second kappa shape index (κ2) is 7.07. The fraction of sp³-hybridized carbons (Fsp3) is 0.455. The molecular weight excluding hydrogens is 392 g/mol. The van der Waals surface area contributed by atoms with Gasteiger partial charge in [0, 0.05) is 12.6 Å². The molecule has 0 fully saturated rings. The van der Waals surface area contributed by atoms with Crippen LogP contribution in [-0.2, 0) is 22.5 Å². The zero-order valence-corrected chi connectivity index (χ0v) is 12.6. The molecule has 0 aromatic carbocycles. The number of carbonyl (C=O) groups excluding carboxylic acids is 1. The minimum atomic E-state index is -4.83. The van der Waals surface area contributed by atoms with Crippen molar-refractivity contribution < 1.29 is 27.4 Å². The van der Waals surface area contributed by atoms with Crippen molar-refractivity contribution in [3.63, 3.8) is 0 Å². The first-order valence-electron chi connectivity index (χ1n) is 5.56. The van der Waals surface area contributed by atoms with E-state index in [4.69, 9.17) is 10.5 Å². The number of alkyl halides is 3. The van der Waals surface area contributed by atoms with E-state index in [0.717, 1.165) is 6.07 Å². The van der Waals surface area contributed by atoms with Crippen molar-refractivity contribution >= 4 is 28.6 Å². The summed E-state index contributed by atoms with van der Waals surface area (Å²) in [5, 5.41) is 0. The number of hydrogen-bond donors (Lipinski definition) is 1. The minimum Gasteiger partial charge on any atom is -0.466 e. The Morgan fingerprint density at radius 3 is 2.65 bits per heavy atom. The molecule has 0 aliphatic rings. The second-order valence-corrected chi connectivity index (χ2v) is 4.64. The number of rotatable bonds is 5. The fourth-order valence-electron chi connectivity index (χ4n) is 1.46. The molecular formula is C11H12F3IN2O3. The number of pyridine rings is 1. The van der Waals surface area contributed by atoms with Crippen LogP contribution in [0.15, 0.2) is 6.07 Å². The van der Waals surface area contributed by atoms with Crippen molar-refractivity contribution in [2.45, 2.75) is 26.3 Å². The highest BCUT2D eigenvalue weighted by molar-refractivity contribution is 14.1. The molecule has 9 heteroatoms. The van der Waals surface area contributed by atoms with Crippen molar-refractivity contribution in [3.05, 3.63) is 20.9 Å². The number of carbonyl (C=O) groups is 1. The zero-order chi connectivity index (χ0) is 15.3. The summed E-state index contributed by atoms with van der Waals surface area (Å²) in [7, 11) is 0. The number of hydrogen-bond acceptors (Lipinski definition) is 5. The minimum absolute atomic E-state index is 0.0402. The number of halogens is 4. The molecule has 1 rings (SSSR count). The molecule has 0 aliphatic heterocycles. The first kappa shape index (κ1) is 17.0. The highest BCUT2D eigenvalue weighted by Gasteiger charge is 2.32. The lowest BCUT2D eigenvalue weighted by molar-refractivity contribution is -0.276. The van der Waals surface area contributed by atoms with Crippen molar-refractivity contribution in [1.29, 1.82) is 0 Å². The van der Waals surface area contributed by atoms with Gasteiger partial charge in [0.25, 0.3) is 0 Å². The predicted molar refractivity (Wildman–Crippen MR) is 71.9 cm³/mol. The van der Waals surface area contributed by atoms with Crippen LogP contribution >= 0.6 is 22.6 Å². The van der Waals surface area contributed by atoms with Gasteiger partial charge in [-0.2, -0.15) is 0 Å². The van der Waals surface area contributed by atoms with Crippen molar-refractivity contribution in [3.8, 4) is 5.88 Å². The van der Waals surface area contributed by atoms with Gasteiger partial charge >= 0.3 is 12.3 Å². The van der Waals surface area contributed by atoms with Gasteiger partial charge in [-0.25, -0.2) is 4.98 Å². The van der Waals surface area contributed by atoms with Gasteiger partial charge in [-0.3, -0.25) is 4.79 Å². The number of aromatic nitrogens is 1. The Morgan fingerprint density at radius 2 is 2.15 bits per heavy atom. The third kappa shape index (κ3) is 5.12. The highest BCUT2D eigenvalue weighted by atomic mass is 127. The van der Waals surface area contributed by atoms with Crippen LogP contribution in [0.3, 0.4) is 0 Å². The van der Waals surface area contributed by atoms with E-state index in [-0.39, 0.29) is 23.3 Å². The molecule has 1 heterocycles. The Bertz CT molecular complexity index is 495. The monoisotopic (exact) mass is 404 g/mol. The Morgan fingerprint density at radius 1 is 1.50 bits per heavy atom. The Labute approximate surface area is 126 Å². The van der Waals surface area contributed by atoms with Gasteiger partial charge in [0.15, 0.2) is 0 Å². The van der Waals surface area contributed by atoms with E-state index in [1.807, 2.05) is 0 Å². The van der Waals surface area contributed by atoms with E-state index in [0.29, 0.717) is 11.1 Å². The van der Waals surface area contributed by atoms with E-state index in [1.54, 1.807) is 29.5 Å². The van der Waals surface area contributed by atoms with Crippen LogP contribution in [0, 0.1) is 3.70 Å². The Balaban J connectivity index is 3.05. The third-order valence-corrected chi connectivity index (χ3v) is 3.10. The number of nitrogens with two attached hydrogens (primary N) is 1. The maximum Gasteiger partial charge on any atom is 0.574 e. The molecule has 0 spiro atoms. The summed E-state index contributed by atoms with van der Waals surface area (Å²) < 4.78 is 45.2. The van der Waals surface area contributed by atoms with Gasteiger partial charge in [-0.05, 0) is 40.6 Å². The number of nitrogens with zero attached hydrogens (tertiary/aromatic N) is 1. The van der Waals surface area contributed by atoms with Gasteiger partial charge in [-0.1, -0.05) is 0 Å². The molecule has 1 aromatic heterocycles. The van der Waals surface area contributed by atoms with Crippen molar-refractivity contribution in [1.82, 2.24) is 4.98 Å². The molecule has 112 valence electrons. The Kier molecular flexibility index (Phi) is 5.99. The highest BCUT2D eigenvalue weighted by Crippen LogP contribution is 2.26. The van der Waals surface area contributed by atoms with E-state index < -0.39 is 18.2 Å². The molecule has 0 atom stereocenters. The topological polar surface area (TPSA) is 74.4 Å². The summed E-state index contributed by atoms with van der Waals surface area (Å²) in [6.07, 6.45) is -4.93. The van der Waals surface area contributed by atoms with E-state index in [1.165, 1.54) is 0 Å². The van der Waals surface area contributed by atoms with Crippen LogP contribution in [0.1, 0.15) is 18.1 Å². The molecule has 0 unspecified atom stereocenters. The van der Waals surface area contributed by atoms with Crippen LogP contribution in [0.25, 0.3) is 0 Å². The van der Waals surface area contributed by atoms with Crippen LogP contribution in [-0.4, -0.2) is 23.9 Å². The average Bonchev–Trinajstić information content (AvgIpc) is 2.30. The summed E-state index contributed by atoms with van der Waals surface area (Å²) in [6, 6.07) is 1.07. The summed E-state index contributed by atoms with van der Waals surface area (Å²) >= 11 is 1.73. The van der Waals surface area contributed by atoms with Gasteiger partial charge in [0.2, 0.25) is 5.88 Å². The van der Waals surface area contributed by atoms with E-state index in [9.17, 15) is 18.0 Å². The smallest absolute Gasteiger partial charge is 0.466 e. The molecule has 0 amide bonds. The van der Waals surface area contributed by atoms with Gasteiger partial charge < -0.3 is 15.2 Å². The first-order valence-corrected chi connectivity index (χ1v) is 6.64. The van der Waals surface area contributed by atoms with Crippen LogP contribution in [0.5, 0.6) is 5.88 Å². The van der Waals surface area contributed by atoms with Crippen LogP contribution < -0.4 is 10.5 Å². The zero-order valence-electron chi connectivity index (χ0n) is 10.5. The molecule has 0 saturated carbocycles. The molecule has 0 bridgehead atoms. The maximum absolute atomic E-state index is 12.1. The van der Waals surface area contributed by atoms with Gasteiger partial charge in [0.05, 0.1) is 13.0 Å². The molecule has 0 aliphatic carbocycles. The molecule has 5 nitrogen and oxygen atoms in total. The SMILES string of the molecule is CCOC(=O)Cc1c(CN)cc(OC(F)(F)F)nc1I. The third-order valence-electron chi connectivity index (χ3n) is 2.21. The van der Waals surface area contributed by atoms with Gasteiger partial charge in [-0.15, -0.1) is 13.2 Å². The summed E-state index contributed by atoms with van der Waals surface area (Å²) in [5.41, 5.74) is 6.29. The first-order chi connectivity index (χ1) is 9.26. The largest absolute Gasteiger partial charge is 0.574 e. The lowest BCUT2D eigenvalue weighted by atomic mass is 10.1. The number of esters is 1. The fourth-order valence-corrected chi connectivity index (χ4v) is 2.24. The average molecular weight is 404 g/mol. The van der Waals surface area contributed by atoms with Gasteiger partial charge in [0.1, 0.15) is 3.70 Å². The maximum atomic E-state index is 12.1. The lowest BCUT2D eigenvalue weighted by Crippen LogP contribution is -2.20. The molecule has 0 radical (unpaired) electrons. The van der Waals surface area contributed by atoms with Crippen LogP contribution in [0.4, 0.5) is 13.2 Å². The lowest BCUT2D eigenvalue weighted by Gasteiger charge is -2.13. The molecule has 0 saturated heterocycles. The Hall–Kier alpha value is -1.10. The van der Waals surface area contributed by atoms with E-state index >= 15 is 0 Å². The summed E-state index contributed by atoms with van der Waals surface area (Å²) in [5.74, 6) is -1.10. The standard InChI is InChI=1S/C11H12F3IN2O3/c1-2-19-9(18)4-7-6(5-16)3-8(17-10(7)15)20-11(12,13)14/h3H,2,4-5,16H2,1H3. The molecule has 20 heavy (non-hydrogen) atoms. The second-order valence-electron chi connectivity index (χ2n) is 3.62. The van der Waals surface area contributed by atoms with Crippen LogP contribution in [0.2, 0.25) is 0 Å². The molecule has 2 N–H and O–H groups in total. The number of ether oxygens (including phenoxy) is 2. The summed E-state index contributed by atoms with van der Waals surface area (Å²) in [6.45, 7) is 1.84. The van der Waals surface area contributed by atoms with Crippen molar-refractivity contribution in [2.24, 2.45) is 5.73 Å². The molecule has 1 aromatic rings. The van der Waals surface area contributed by atoms with Crippen molar-refractivity contribution in [2.75, 3.05) is 6.61 Å².